The third kappa shape index (κ3) is 4.74. The number of imidazole rings is 1. The number of ether oxygens (including phenoxy) is 1. The molecule has 0 saturated carbocycles. The standard InChI is InChI=1S/C20H25N3O.ClH/c1-3-22(4-2)14-15-23-19-13-9-8-12-18(19)21-20(23)16-24-17-10-6-5-7-11-17;/h5-13H,3-4,14-16H2,1-2H3;1H. The average Bonchev–Trinajstić information content (AvgIpc) is 2.99. The predicted octanol–water partition coefficient (Wildman–Crippen LogP) is 4.38. The van der Waals surface area contributed by atoms with Crippen molar-refractivity contribution in [1.82, 2.24) is 14.5 Å². The number of halogens is 1. The van der Waals surface area contributed by atoms with Crippen LogP contribution in [0.5, 0.6) is 5.75 Å². The highest BCUT2D eigenvalue weighted by Crippen LogP contribution is 2.18. The van der Waals surface area contributed by atoms with Gasteiger partial charge in [0, 0.05) is 13.1 Å². The van der Waals surface area contributed by atoms with Crippen LogP contribution in [0.25, 0.3) is 11.0 Å². The maximum Gasteiger partial charge on any atom is 0.148 e. The van der Waals surface area contributed by atoms with Crippen LogP contribution in [-0.2, 0) is 13.2 Å². The molecule has 1 aromatic heterocycles. The monoisotopic (exact) mass is 359 g/mol. The summed E-state index contributed by atoms with van der Waals surface area (Å²) in [6, 6.07) is 18.2. The second kappa shape index (κ2) is 9.44. The van der Waals surface area contributed by atoms with E-state index < -0.39 is 0 Å². The number of rotatable bonds is 8. The molecule has 0 unspecified atom stereocenters. The summed E-state index contributed by atoms with van der Waals surface area (Å²) in [6.45, 7) is 8.97. The second-order valence-electron chi connectivity index (χ2n) is 5.80. The average molecular weight is 360 g/mol. The summed E-state index contributed by atoms with van der Waals surface area (Å²) in [5.41, 5.74) is 2.21. The molecule has 0 atom stereocenters. The van der Waals surface area contributed by atoms with E-state index >= 15 is 0 Å². The first-order chi connectivity index (χ1) is 11.8. The molecular weight excluding hydrogens is 334 g/mol. The van der Waals surface area contributed by atoms with Gasteiger partial charge in [-0.2, -0.15) is 0 Å². The van der Waals surface area contributed by atoms with Gasteiger partial charge in [-0.05, 0) is 37.4 Å². The van der Waals surface area contributed by atoms with Gasteiger partial charge in [0.1, 0.15) is 18.2 Å². The predicted molar refractivity (Wildman–Crippen MR) is 106 cm³/mol. The zero-order chi connectivity index (χ0) is 16.8. The van der Waals surface area contributed by atoms with Gasteiger partial charge in [0.15, 0.2) is 0 Å². The lowest BCUT2D eigenvalue weighted by atomic mass is 10.3. The van der Waals surface area contributed by atoms with Crippen LogP contribution in [0.15, 0.2) is 54.6 Å². The smallest absolute Gasteiger partial charge is 0.148 e. The Kier molecular flexibility index (Phi) is 7.29. The summed E-state index contributed by atoms with van der Waals surface area (Å²) in [7, 11) is 0. The SMILES string of the molecule is CCN(CC)CCn1c(COc2ccccc2)nc2ccccc21.Cl. The van der Waals surface area contributed by atoms with E-state index in [0.717, 1.165) is 43.3 Å². The van der Waals surface area contributed by atoms with Crippen molar-refractivity contribution in [3.63, 3.8) is 0 Å². The lowest BCUT2D eigenvalue weighted by Gasteiger charge is -2.19. The fraction of sp³-hybridized carbons (Fsp3) is 0.350. The van der Waals surface area contributed by atoms with Crippen molar-refractivity contribution in [2.45, 2.75) is 27.0 Å². The summed E-state index contributed by atoms with van der Waals surface area (Å²) in [5.74, 6) is 1.85. The number of hydrogen-bond donors (Lipinski definition) is 0. The van der Waals surface area contributed by atoms with Crippen molar-refractivity contribution in [2.75, 3.05) is 19.6 Å². The zero-order valence-electron chi connectivity index (χ0n) is 14.9. The Balaban J connectivity index is 0.00000225. The molecule has 4 nitrogen and oxygen atoms in total. The van der Waals surface area contributed by atoms with Gasteiger partial charge in [-0.25, -0.2) is 4.98 Å². The third-order valence-electron chi connectivity index (χ3n) is 4.38. The van der Waals surface area contributed by atoms with E-state index in [4.69, 9.17) is 9.72 Å². The van der Waals surface area contributed by atoms with E-state index in [1.807, 2.05) is 36.4 Å². The molecular formula is C20H26ClN3O. The van der Waals surface area contributed by atoms with Crippen molar-refractivity contribution in [3.8, 4) is 5.75 Å². The Labute approximate surface area is 155 Å². The van der Waals surface area contributed by atoms with E-state index in [0.29, 0.717) is 6.61 Å². The second-order valence-corrected chi connectivity index (χ2v) is 5.80. The molecule has 0 N–H and O–H groups in total. The van der Waals surface area contributed by atoms with E-state index in [-0.39, 0.29) is 12.4 Å². The minimum atomic E-state index is 0. The molecule has 0 bridgehead atoms. The van der Waals surface area contributed by atoms with Crippen molar-refractivity contribution >= 4 is 23.4 Å². The van der Waals surface area contributed by atoms with Crippen molar-refractivity contribution in [2.24, 2.45) is 0 Å². The lowest BCUT2D eigenvalue weighted by molar-refractivity contribution is 0.271. The summed E-state index contributed by atoms with van der Waals surface area (Å²) >= 11 is 0. The van der Waals surface area contributed by atoms with E-state index in [2.05, 4.69) is 41.5 Å². The van der Waals surface area contributed by atoms with Crippen LogP contribution < -0.4 is 4.74 Å². The van der Waals surface area contributed by atoms with Crippen LogP contribution in [0.3, 0.4) is 0 Å². The van der Waals surface area contributed by atoms with Gasteiger partial charge in [0.05, 0.1) is 11.0 Å². The molecule has 0 fully saturated rings. The molecule has 2 aromatic carbocycles. The van der Waals surface area contributed by atoms with Crippen LogP contribution in [-0.4, -0.2) is 34.1 Å². The molecule has 0 aliphatic heterocycles. The van der Waals surface area contributed by atoms with E-state index in [1.165, 1.54) is 5.52 Å². The van der Waals surface area contributed by atoms with Gasteiger partial charge in [0.25, 0.3) is 0 Å². The third-order valence-corrected chi connectivity index (χ3v) is 4.38. The summed E-state index contributed by atoms with van der Waals surface area (Å²) < 4.78 is 8.21. The first-order valence-corrected chi connectivity index (χ1v) is 8.66. The summed E-state index contributed by atoms with van der Waals surface area (Å²) in [6.07, 6.45) is 0. The number of fused-ring (bicyclic) bond motifs is 1. The molecule has 0 radical (unpaired) electrons. The summed E-state index contributed by atoms with van der Waals surface area (Å²) in [4.78, 5) is 7.20. The van der Waals surface area contributed by atoms with Crippen molar-refractivity contribution in [3.05, 3.63) is 60.4 Å². The maximum atomic E-state index is 5.92. The molecule has 1 heterocycles. The first kappa shape index (κ1) is 19.3. The molecule has 3 aromatic rings. The molecule has 0 saturated heterocycles. The van der Waals surface area contributed by atoms with Gasteiger partial charge in [0.2, 0.25) is 0 Å². The lowest BCUT2D eigenvalue weighted by Crippen LogP contribution is -2.27. The Morgan fingerprint density at radius 1 is 0.960 bits per heavy atom. The maximum absolute atomic E-state index is 5.92. The van der Waals surface area contributed by atoms with Gasteiger partial charge < -0.3 is 14.2 Å². The van der Waals surface area contributed by atoms with Crippen LogP contribution >= 0.6 is 12.4 Å². The summed E-state index contributed by atoms with van der Waals surface area (Å²) in [5, 5.41) is 0. The number of para-hydroxylation sites is 3. The Bertz CT molecular complexity index is 769. The van der Waals surface area contributed by atoms with Crippen LogP contribution in [0, 0.1) is 0 Å². The van der Waals surface area contributed by atoms with Gasteiger partial charge >= 0.3 is 0 Å². The van der Waals surface area contributed by atoms with Crippen LogP contribution in [0.2, 0.25) is 0 Å². The quantitative estimate of drug-likeness (QED) is 0.598. The highest BCUT2D eigenvalue weighted by Gasteiger charge is 2.12. The molecule has 3 rings (SSSR count). The molecule has 0 aliphatic carbocycles. The van der Waals surface area contributed by atoms with Crippen LogP contribution in [0.4, 0.5) is 0 Å². The Morgan fingerprint density at radius 3 is 2.36 bits per heavy atom. The minimum Gasteiger partial charge on any atom is -0.486 e. The Hall–Kier alpha value is -2.04. The normalized spacial score (nSPS) is 10.8. The topological polar surface area (TPSA) is 30.3 Å². The van der Waals surface area contributed by atoms with Gasteiger partial charge in [-0.15, -0.1) is 12.4 Å². The minimum absolute atomic E-state index is 0. The fourth-order valence-electron chi connectivity index (χ4n) is 2.93. The largest absolute Gasteiger partial charge is 0.486 e. The highest BCUT2D eigenvalue weighted by atomic mass is 35.5. The zero-order valence-corrected chi connectivity index (χ0v) is 15.7. The van der Waals surface area contributed by atoms with Crippen molar-refractivity contribution < 1.29 is 4.74 Å². The molecule has 0 amide bonds. The fourth-order valence-corrected chi connectivity index (χ4v) is 2.93. The van der Waals surface area contributed by atoms with Crippen LogP contribution in [0.1, 0.15) is 19.7 Å². The number of likely N-dealkylation sites (N-methyl/N-ethyl adjacent to an activating group) is 1. The molecule has 0 spiro atoms. The molecule has 25 heavy (non-hydrogen) atoms. The molecule has 134 valence electrons. The number of aromatic nitrogens is 2. The van der Waals surface area contributed by atoms with Gasteiger partial charge in [-0.3, -0.25) is 0 Å². The molecule has 0 aliphatic rings. The number of nitrogens with zero attached hydrogens (tertiary/aromatic N) is 3. The van der Waals surface area contributed by atoms with E-state index in [9.17, 15) is 0 Å². The Morgan fingerprint density at radius 2 is 1.64 bits per heavy atom. The van der Waals surface area contributed by atoms with E-state index in [1.54, 1.807) is 0 Å². The number of hydrogen-bond acceptors (Lipinski definition) is 3. The first-order valence-electron chi connectivity index (χ1n) is 8.66. The highest BCUT2D eigenvalue weighted by molar-refractivity contribution is 5.85. The molecule has 5 heteroatoms. The van der Waals surface area contributed by atoms with Crippen molar-refractivity contribution in [1.29, 1.82) is 0 Å². The number of benzene rings is 2. The van der Waals surface area contributed by atoms with Gasteiger partial charge in [-0.1, -0.05) is 44.2 Å².